The minimum atomic E-state index is -0.219. The van der Waals surface area contributed by atoms with Gasteiger partial charge >= 0.3 is 0 Å². The van der Waals surface area contributed by atoms with E-state index in [0.29, 0.717) is 6.42 Å². The fourth-order valence-corrected chi connectivity index (χ4v) is 2.97. The summed E-state index contributed by atoms with van der Waals surface area (Å²) in [5.41, 5.74) is -0.0255. The van der Waals surface area contributed by atoms with E-state index in [0.717, 1.165) is 45.6 Å². The standard InChI is InChI=1S/C15H27N3O2.ClH/c1-15(2,3)11-13(19)18-8-4-5-12(18)14(20)17-9-6-16-7-10-17;/h12,16H,4-11H2,1-3H3;1H. The SMILES string of the molecule is CC(C)(C)CC(=O)N1CCCC1C(=O)N1CCNCC1.Cl. The highest BCUT2D eigenvalue weighted by Gasteiger charge is 2.37. The highest BCUT2D eigenvalue weighted by atomic mass is 35.5. The number of rotatable bonds is 2. The molecule has 5 nitrogen and oxygen atoms in total. The van der Waals surface area contributed by atoms with E-state index in [1.807, 2.05) is 9.80 Å². The molecule has 1 N–H and O–H groups in total. The van der Waals surface area contributed by atoms with Gasteiger partial charge in [-0.15, -0.1) is 12.4 Å². The molecule has 2 aliphatic rings. The van der Waals surface area contributed by atoms with Crippen LogP contribution < -0.4 is 5.32 Å². The molecule has 1 unspecified atom stereocenters. The molecule has 2 fully saturated rings. The molecule has 6 heteroatoms. The Kier molecular flexibility index (Phi) is 6.47. The normalized spacial score (nSPS) is 22.9. The number of nitrogens with zero attached hydrogens (tertiary/aromatic N) is 2. The smallest absolute Gasteiger partial charge is 0.245 e. The van der Waals surface area contributed by atoms with Crippen molar-refractivity contribution in [2.45, 2.75) is 46.1 Å². The maximum absolute atomic E-state index is 12.6. The molecule has 2 heterocycles. The van der Waals surface area contributed by atoms with Gasteiger partial charge in [0.05, 0.1) is 0 Å². The molecule has 0 bridgehead atoms. The molecular weight excluding hydrogens is 290 g/mol. The van der Waals surface area contributed by atoms with Crippen LogP contribution in [0, 0.1) is 5.41 Å². The molecule has 2 saturated heterocycles. The lowest BCUT2D eigenvalue weighted by Crippen LogP contribution is -2.53. The van der Waals surface area contributed by atoms with Crippen LogP contribution in [-0.2, 0) is 9.59 Å². The quantitative estimate of drug-likeness (QED) is 0.834. The first-order valence-corrected chi connectivity index (χ1v) is 7.67. The Balaban J connectivity index is 0.00000220. The van der Waals surface area contributed by atoms with Crippen LogP contribution in [0.3, 0.4) is 0 Å². The maximum atomic E-state index is 12.6. The topological polar surface area (TPSA) is 52.7 Å². The van der Waals surface area contributed by atoms with Gasteiger partial charge in [0, 0.05) is 39.1 Å². The third kappa shape index (κ3) is 4.85. The summed E-state index contributed by atoms with van der Waals surface area (Å²) in [4.78, 5) is 28.7. The highest BCUT2D eigenvalue weighted by Crippen LogP contribution is 2.25. The minimum Gasteiger partial charge on any atom is -0.338 e. The summed E-state index contributed by atoms with van der Waals surface area (Å²) in [7, 11) is 0. The lowest BCUT2D eigenvalue weighted by molar-refractivity contribution is -0.145. The van der Waals surface area contributed by atoms with Gasteiger partial charge < -0.3 is 15.1 Å². The lowest BCUT2D eigenvalue weighted by Gasteiger charge is -2.33. The van der Waals surface area contributed by atoms with Crippen LogP contribution in [0.25, 0.3) is 0 Å². The molecule has 0 radical (unpaired) electrons. The molecule has 21 heavy (non-hydrogen) atoms. The van der Waals surface area contributed by atoms with Gasteiger partial charge in [-0.1, -0.05) is 20.8 Å². The molecule has 2 aliphatic heterocycles. The zero-order valence-corrected chi connectivity index (χ0v) is 14.2. The number of piperazine rings is 1. The summed E-state index contributed by atoms with van der Waals surface area (Å²) in [5.74, 6) is 0.273. The van der Waals surface area contributed by atoms with Crippen LogP contribution in [0.15, 0.2) is 0 Å². The van der Waals surface area contributed by atoms with Crippen LogP contribution in [0.1, 0.15) is 40.0 Å². The van der Waals surface area contributed by atoms with E-state index < -0.39 is 0 Å². The van der Waals surface area contributed by atoms with Gasteiger partial charge in [0.2, 0.25) is 11.8 Å². The minimum absolute atomic E-state index is 0. The number of halogens is 1. The number of carbonyl (C=O) groups is 2. The van der Waals surface area contributed by atoms with Crippen molar-refractivity contribution in [2.75, 3.05) is 32.7 Å². The van der Waals surface area contributed by atoms with Gasteiger partial charge in [0.15, 0.2) is 0 Å². The van der Waals surface area contributed by atoms with E-state index in [2.05, 4.69) is 26.1 Å². The third-order valence-corrected chi connectivity index (χ3v) is 3.97. The molecule has 122 valence electrons. The number of nitrogens with one attached hydrogen (secondary N) is 1. The van der Waals surface area contributed by atoms with Crippen LogP contribution in [-0.4, -0.2) is 60.4 Å². The number of hydrogen-bond donors (Lipinski definition) is 1. The van der Waals surface area contributed by atoms with Crippen LogP contribution >= 0.6 is 12.4 Å². The molecule has 1 atom stereocenters. The van der Waals surface area contributed by atoms with Crippen molar-refractivity contribution in [3.8, 4) is 0 Å². The molecule has 0 aromatic heterocycles. The molecule has 0 aromatic carbocycles. The van der Waals surface area contributed by atoms with Gasteiger partial charge in [-0.2, -0.15) is 0 Å². The maximum Gasteiger partial charge on any atom is 0.245 e. The number of hydrogen-bond acceptors (Lipinski definition) is 3. The van der Waals surface area contributed by atoms with Crippen molar-refractivity contribution in [3.05, 3.63) is 0 Å². The van der Waals surface area contributed by atoms with E-state index in [4.69, 9.17) is 0 Å². The number of likely N-dealkylation sites (tertiary alicyclic amines) is 1. The average molecular weight is 318 g/mol. The first-order chi connectivity index (χ1) is 9.38. The van der Waals surface area contributed by atoms with Crippen molar-refractivity contribution >= 4 is 24.2 Å². The van der Waals surface area contributed by atoms with Gasteiger partial charge in [-0.25, -0.2) is 0 Å². The monoisotopic (exact) mass is 317 g/mol. The second kappa shape index (κ2) is 7.45. The Morgan fingerprint density at radius 2 is 1.76 bits per heavy atom. The highest BCUT2D eigenvalue weighted by molar-refractivity contribution is 5.88. The average Bonchev–Trinajstić information content (AvgIpc) is 2.86. The molecular formula is C15H28ClN3O2. The van der Waals surface area contributed by atoms with Gasteiger partial charge in [-0.3, -0.25) is 9.59 Å². The summed E-state index contributed by atoms with van der Waals surface area (Å²) < 4.78 is 0. The summed E-state index contributed by atoms with van der Waals surface area (Å²) in [6.45, 7) is 10.2. The second-order valence-electron chi connectivity index (χ2n) is 7.06. The fourth-order valence-electron chi connectivity index (χ4n) is 2.97. The fraction of sp³-hybridized carbons (Fsp3) is 0.867. The molecule has 2 amide bonds. The summed E-state index contributed by atoms with van der Waals surface area (Å²) in [6.07, 6.45) is 2.27. The summed E-state index contributed by atoms with van der Waals surface area (Å²) in [6, 6.07) is -0.219. The van der Waals surface area contributed by atoms with E-state index >= 15 is 0 Å². The first-order valence-electron chi connectivity index (χ1n) is 7.67. The van der Waals surface area contributed by atoms with Crippen molar-refractivity contribution in [1.82, 2.24) is 15.1 Å². The van der Waals surface area contributed by atoms with Crippen molar-refractivity contribution < 1.29 is 9.59 Å². The van der Waals surface area contributed by atoms with Gasteiger partial charge in [0.25, 0.3) is 0 Å². The van der Waals surface area contributed by atoms with Gasteiger partial charge in [-0.05, 0) is 18.3 Å². The number of amides is 2. The molecule has 0 saturated carbocycles. The molecule has 0 aliphatic carbocycles. The Bertz CT molecular complexity index is 376. The van der Waals surface area contributed by atoms with Crippen molar-refractivity contribution in [1.29, 1.82) is 0 Å². The third-order valence-electron chi connectivity index (χ3n) is 3.97. The molecule has 0 aromatic rings. The Labute approximate surface area is 133 Å². The first kappa shape index (κ1) is 18.2. The molecule has 0 spiro atoms. The lowest BCUT2D eigenvalue weighted by atomic mass is 9.91. The van der Waals surface area contributed by atoms with E-state index in [-0.39, 0.29) is 35.7 Å². The van der Waals surface area contributed by atoms with E-state index in [1.54, 1.807) is 0 Å². The van der Waals surface area contributed by atoms with Crippen LogP contribution in [0.4, 0.5) is 0 Å². The largest absolute Gasteiger partial charge is 0.338 e. The number of carbonyl (C=O) groups excluding carboxylic acids is 2. The predicted octanol–water partition coefficient (Wildman–Crippen LogP) is 1.27. The molecule has 2 rings (SSSR count). The Morgan fingerprint density at radius 3 is 2.33 bits per heavy atom. The summed E-state index contributed by atoms with van der Waals surface area (Å²) >= 11 is 0. The van der Waals surface area contributed by atoms with E-state index in [9.17, 15) is 9.59 Å². The second-order valence-corrected chi connectivity index (χ2v) is 7.06. The zero-order valence-electron chi connectivity index (χ0n) is 13.4. The van der Waals surface area contributed by atoms with Crippen molar-refractivity contribution in [2.24, 2.45) is 5.41 Å². The van der Waals surface area contributed by atoms with Crippen molar-refractivity contribution in [3.63, 3.8) is 0 Å². The zero-order chi connectivity index (χ0) is 14.8. The Morgan fingerprint density at radius 1 is 1.14 bits per heavy atom. The van der Waals surface area contributed by atoms with E-state index in [1.165, 1.54) is 0 Å². The van der Waals surface area contributed by atoms with Gasteiger partial charge in [0.1, 0.15) is 6.04 Å². The summed E-state index contributed by atoms with van der Waals surface area (Å²) in [5, 5.41) is 3.25. The van der Waals surface area contributed by atoms with Crippen LogP contribution in [0.2, 0.25) is 0 Å². The Hall–Kier alpha value is -0.810. The van der Waals surface area contributed by atoms with Crippen LogP contribution in [0.5, 0.6) is 0 Å². The predicted molar refractivity (Wildman–Crippen MR) is 85.5 cm³/mol.